The lowest BCUT2D eigenvalue weighted by Crippen LogP contribution is -2.30. The molecule has 1 heterocycles. The largest absolute Gasteiger partial charge is 0.389 e. The van der Waals surface area contributed by atoms with Crippen molar-refractivity contribution in [3.63, 3.8) is 0 Å². The molecule has 0 bridgehead atoms. The first-order chi connectivity index (χ1) is 4.16. The van der Waals surface area contributed by atoms with E-state index in [0.717, 1.165) is 25.9 Å². The van der Waals surface area contributed by atoms with Gasteiger partial charge in [-0.3, -0.25) is 0 Å². The Hall–Kier alpha value is -0.0800. The first-order valence-electron chi connectivity index (χ1n) is 3.57. The van der Waals surface area contributed by atoms with E-state index < -0.39 is 0 Å². The highest BCUT2D eigenvalue weighted by Crippen LogP contribution is 2.22. The highest BCUT2D eigenvalue weighted by molar-refractivity contribution is 4.86. The Kier molecular flexibility index (Phi) is 1.78. The monoisotopic (exact) mass is 129 g/mol. The molecule has 54 valence electrons. The van der Waals surface area contributed by atoms with E-state index in [1.165, 1.54) is 0 Å². The molecule has 0 aliphatic carbocycles. The summed E-state index contributed by atoms with van der Waals surface area (Å²) in [5, 5.41) is 9.63. The fourth-order valence-corrected chi connectivity index (χ4v) is 1.35. The van der Waals surface area contributed by atoms with Crippen molar-refractivity contribution in [1.82, 2.24) is 4.90 Å². The summed E-state index contributed by atoms with van der Waals surface area (Å²) in [5.41, 5.74) is -0.366. The fourth-order valence-electron chi connectivity index (χ4n) is 1.35. The molecule has 0 spiro atoms. The lowest BCUT2D eigenvalue weighted by atomic mass is 10.0. The molecule has 0 aromatic rings. The molecule has 0 amide bonds. The van der Waals surface area contributed by atoms with Gasteiger partial charge in [0.05, 0.1) is 5.60 Å². The maximum absolute atomic E-state index is 9.63. The van der Waals surface area contributed by atoms with E-state index in [4.69, 9.17) is 0 Å². The Morgan fingerprint density at radius 3 is 2.56 bits per heavy atom. The van der Waals surface area contributed by atoms with Crippen LogP contribution in [0.1, 0.15) is 19.8 Å². The van der Waals surface area contributed by atoms with Crippen molar-refractivity contribution in [2.24, 2.45) is 0 Å². The van der Waals surface area contributed by atoms with Gasteiger partial charge in [-0.25, -0.2) is 0 Å². The molecule has 1 N–H and O–H groups in total. The van der Waals surface area contributed by atoms with Crippen LogP contribution in [0.15, 0.2) is 0 Å². The quantitative estimate of drug-likeness (QED) is 0.556. The Morgan fingerprint density at radius 2 is 2.33 bits per heavy atom. The van der Waals surface area contributed by atoms with Crippen molar-refractivity contribution in [3.8, 4) is 0 Å². The summed E-state index contributed by atoms with van der Waals surface area (Å²) < 4.78 is 0. The molecule has 1 rings (SSSR count). The van der Waals surface area contributed by atoms with Crippen LogP contribution in [-0.2, 0) is 0 Å². The second-order valence-corrected chi connectivity index (χ2v) is 3.07. The predicted octanol–water partition coefficient (Wildman–Crippen LogP) is 0.463. The molecule has 0 aromatic carbocycles. The smallest absolute Gasteiger partial charge is 0.0783 e. The number of hydrogen-bond donors (Lipinski definition) is 1. The molecule has 1 aliphatic rings. The summed E-state index contributed by atoms with van der Waals surface area (Å²) in [6.45, 7) is 3.94. The Morgan fingerprint density at radius 1 is 1.67 bits per heavy atom. The third-order valence-corrected chi connectivity index (χ3v) is 2.18. The molecule has 1 atom stereocenters. The normalized spacial score (nSPS) is 37.7. The van der Waals surface area contributed by atoms with Crippen molar-refractivity contribution in [2.75, 3.05) is 20.1 Å². The number of aliphatic hydroxyl groups is 1. The van der Waals surface area contributed by atoms with Gasteiger partial charge in [-0.1, -0.05) is 6.92 Å². The molecule has 0 saturated carbocycles. The lowest BCUT2D eigenvalue weighted by molar-refractivity contribution is 0.0481. The summed E-state index contributed by atoms with van der Waals surface area (Å²) in [4.78, 5) is 2.17. The van der Waals surface area contributed by atoms with Gasteiger partial charge < -0.3 is 10.0 Å². The first-order valence-corrected chi connectivity index (χ1v) is 3.57. The molecule has 2 nitrogen and oxygen atoms in total. The topological polar surface area (TPSA) is 23.5 Å². The summed E-state index contributed by atoms with van der Waals surface area (Å²) in [6, 6.07) is 0. The van der Waals surface area contributed by atoms with E-state index in [-0.39, 0.29) is 5.60 Å². The van der Waals surface area contributed by atoms with Crippen LogP contribution in [0.2, 0.25) is 0 Å². The van der Waals surface area contributed by atoms with Gasteiger partial charge in [-0.05, 0) is 19.9 Å². The van der Waals surface area contributed by atoms with Gasteiger partial charge >= 0.3 is 0 Å². The molecule has 1 saturated heterocycles. The molecule has 1 aliphatic heterocycles. The Labute approximate surface area is 56.5 Å². The molecular weight excluding hydrogens is 114 g/mol. The molecule has 0 aromatic heterocycles. The van der Waals surface area contributed by atoms with Crippen LogP contribution < -0.4 is 0 Å². The van der Waals surface area contributed by atoms with E-state index in [1.54, 1.807) is 0 Å². The number of nitrogens with zero attached hydrogens (tertiary/aromatic N) is 1. The summed E-state index contributed by atoms with van der Waals surface area (Å²) in [6.07, 6.45) is 1.83. The summed E-state index contributed by atoms with van der Waals surface area (Å²) in [7, 11) is 2.05. The van der Waals surface area contributed by atoms with E-state index >= 15 is 0 Å². The van der Waals surface area contributed by atoms with Gasteiger partial charge in [-0.15, -0.1) is 0 Å². The van der Waals surface area contributed by atoms with Crippen LogP contribution in [0, 0.1) is 0 Å². The van der Waals surface area contributed by atoms with Gasteiger partial charge in [0.25, 0.3) is 0 Å². The van der Waals surface area contributed by atoms with Crippen molar-refractivity contribution in [1.29, 1.82) is 0 Å². The van der Waals surface area contributed by atoms with Crippen LogP contribution in [0.5, 0.6) is 0 Å². The zero-order valence-corrected chi connectivity index (χ0v) is 6.22. The van der Waals surface area contributed by atoms with Gasteiger partial charge in [0, 0.05) is 13.1 Å². The van der Waals surface area contributed by atoms with Crippen molar-refractivity contribution < 1.29 is 5.11 Å². The minimum Gasteiger partial charge on any atom is -0.389 e. The highest BCUT2D eigenvalue weighted by Gasteiger charge is 2.31. The third kappa shape index (κ3) is 1.43. The number of hydrogen-bond acceptors (Lipinski definition) is 2. The average Bonchev–Trinajstić information content (AvgIpc) is 2.13. The average molecular weight is 129 g/mol. The van der Waals surface area contributed by atoms with Gasteiger partial charge in [0.15, 0.2) is 0 Å². The standard InChI is InChI=1S/C7H15NO/c1-3-7(9)4-5-8(2)6-7/h9H,3-6H2,1-2H3/t7-/m1/s1. The SMILES string of the molecule is CC[C@@]1(O)CCN(C)C1. The molecular formula is C7H15NO. The highest BCUT2D eigenvalue weighted by atomic mass is 16.3. The zero-order valence-electron chi connectivity index (χ0n) is 6.22. The fraction of sp³-hybridized carbons (Fsp3) is 1.00. The third-order valence-electron chi connectivity index (χ3n) is 2.18. The molecule has 9 heavy (non-hydrogen) atoms. The first kappa shape index (κ1) is 7.03. The summed E-state index contributed by atoms with van der Waals surface area (Å²) in [5.74, 6) is 0. The van der Waals surface area contributed by atoms with Crippen LogP contribution in [0.25, 0.3) is 0 Å². The van der Waals surface area contributed by atoms with E-state index in [2.05, 4.69) is 4.90 Å². The second-order valence-electron chi connectivity index (χ2n) is 3.07. The summed E-state index contributed by atoms with van der Waals surface area (Å²) >= 11 is 0. The number of β-amino-alcohol motifs (C(OH)–C–C–N with tert-alkyl or cyclic N) is 1. The number of likely N-dealkylation sites (N-methyl/N-ethyl adjacent to an activating group) is 1. The Bertz CT molecular complexity index is 105. The van der Waals surface area contributed by atoms with Gasteiger partial charge in [0.1, 0.15) is 0 Å². The van der Waals surface area contributed by atoms with Gasteiger partial charge in [-0.2, -0.15) is 0 Å². The number of likely N-dealkylation sites (tertiary alicyclic amines) is 1. The molecule has 0 unspecified atom stereocenters. The zero-order chi connectivity index (χ0) is 6.91. The second kappa shape index (κ2) is 2.27. The molecule has 0 radical (unpaired) electrons. The minimum atomic E-state index is -0.366. The maximum atomic E-state index is 9.63. The van der Waals surface area contributed by atoms with Crippen LogP contribution in [-0.4, -0.2) is 35.7 Å². The number of rotatable bonds is 1. The van der Waals surface area contributed by atoms with E-state index in [9.17, 15) is 5.11 Å². The van der Waals surface area contributed by atoms with E-state index in [1.807, 2.05) is 14.0 Å². The Balaban J connectivity index is 2.45. The maximum Gasteiger partial charge on any atom is 0.0783 e. The van der Waals surface area contributed by atoms with Crippen molar-refractivity contribution in [2.45, 2.75) is 25.4 Å². The van der Waals surface area contributed by atoms with Gasteiger partial charge in [0.2, 0.25) is 0 Å². The lowest BCUT2D eigenvalue weighted by Gasteiger charge is -2.19. The molecule has 1 fully saturated rings. The van der Waals surface area contributed by atoms with Crippen molar-refractivity contribution >= 4 is 0 Å². The molecule has 2 heteroatoms. The van der Waals surface area contributed by atoms with Crippen molar-refractivity contribution in [3.05, 3.63) is 0 Å². The minimum absolute atomic E-state index is 0.366. The van der Waals surface area contributed by atoms with Crippen LogP contribution in [0.4, 0.5) is 0 Å². The van der Waals surface area contributed by atoms with E-state index in [0.29, 0.717) is 0 Å². The predicted molar refractivity (Wildman–Crippen MR) is 37.4 cm³/mol. The van der Waals surface area contributed by atoms with Crippen LogP contribution >= 0.6 is 0 Å². The van der Waals surface area contributed by atoms with Crippen LogP contribution in [0.3, 0.4) is 0 Å².